The standard InChI is InChI=1S/2C23H24N4O4/c2*1-14-12-16(18-4-2-3-5-19(18)25-14)13-31-17-8-6-15(7-9-17)22(28)26-20-10-11-24-21(20)23(29)27-30/h2*2-9,12,20-21,24,30H,10-11,13H2,1H3,(H,26,28)(H,27,29)/t20-,21+;20-,21-/m11/s1. The van der Waals surface area contributed by atoms with Crippen LogP contribution < -0.4 is 41.7 Å². The molecule has 16 nitrogen and oxygen atoms in total. The molecule has 8 rings (SSSR count). The fraction of sp³-hybridized carbons (Fsp3) is 0.261. The number of nitrogens with one attached hydrogen (secondary N) is 6. The molecule has 0 aliphatic carbocycles. The zero-order chi connectivity index (χ0) is 43.6. The van der Waals surface area contributed by atoms with Crippen molar-refractivity contribution < 1.29 is 39.1 Å². The first-order chi connectivity index (χ1) is 30.1. The van der Waals surface area contributed by atoms with Crippen LogP contribution in [0.3, 0.4) is 0 Å². The van der Waals surface area contributed by atoms with Crippen LogP contribution in [0.15, 0.2) is 109 Å². The van der Waals surface area contributed by atoms with Crippen LogP contribution in [-0.2, 0) is 22.8 Å². The number of hydrogen-bond donors (Lipinski definition) is 8. The average Bonchev–Trinajstić information content (AvgIpc) is 3.97. The Morgan fingerprint density at radius 2 is 0.984 bits per heavy atom. The summed E-state index contributed by atoms with van der Waals surface area (Å²) in [5, 5.41) is 31.4. The molecule has 2 aliphatic heterocycles. The van der Waals surface area contributed by atoms with E-state index in [-0.39, 0.29) is 11.8 Å². The first kappa shape index (κ1) is 43.1. The van der Waals surface area contributed by atoms with Crippen LogP contribution in [0.2, 0.25) is 0 Å². The van der Waals surface area contributed by atoms with Crippen molar-refractivity contribution in [3.63, 3.8) is 0 Å². The minimum atomic E-state index is -0.657. The number of pyridine rings is 2. The van der Waals surface area contributed by atoms with Gasteiger partial charge in [-0.2, -0.15) is 0 Å². The number of rotatable bonds is 12. The lowest BCUT2D eigenvalue weighted by molar-refractivity contribution is -0.132. The Morgan fingerprint density at radius 1 is 0.597 bits per heavy atom. The number of hydroxylamine groups is 2. The summed E-state index contributed by atoms with van der Waals surface area (Å²) < 4.78 is 11.9. The summed E-state index contributed by atoms with van der Waals surface area (Å²) in [6, 6.07) is 31.5. The van der Waals surface area contributed by atoms with E-state index in [1.807, 2.05) is 74.5 Å². The van der Waals surface area contributed by atoms with Crippen molar-refractivity contribution in [2.45, 2.75) is 64.1 Å². The van der Waals surface area contributed by atoms with Gasteiger partial charge in [-0.1, -0.05) is 36.4 Å². The van der Waals surface area contributed by atoms with Crippen molar-refractivity contribution in [2.75, 3.05) is 13.1 Å². The van der Waals surface area contributed by atoms with E-state index in [2.05, 4.69) is 31.2 Å². The maximum atomic E-state index is 12.6. The van der Waals surface area contributed by atoms with Crippen LogP contribution in [0.25, 0.3) is 21.8 Å². The minimum absolute atomic E-state index is 0.285. The Kier molecular flexibility index (Phi) is 13.9. The Balaban J connectivity index is 0.000000186. The summed E-state index contributed by atoms with van der Waals surface area (Å²) in [5.41, 5.74) is 10.0. The molecule has 0 saturated carbocycles. The van der Waals surface area contributed by atoms with Gasteiger partial charge in [0.1, 0.15) is 36.8 Å². The van der Waals surface area contributed by atoms with Gasteiger partial charge in [-0.05, 0) is 113 Å². The predicted molar refractivity (Wildman–Crippen MR) is 230 cm³/mol. The first-order valence-electron chi connectivity index (χ1n) is 20.2. The number of aryl methyl sites for hydroxylation is 2. The quantitative estimate of drug-likeness (QED) is 0.0642. The SMILES string of the molecule is Cc1cc(COc2ccc(C(=O)N[C@@H]3CCN[C@@H]3C(=O)NO)cc2)c2ccccc2n1.Cc1cc(COc2ccc(C(=O)N[C@@H]3CCN[C@H]3C(=O)NO)cc2)c2ccccc2n1. The highest BCUT2D eigenvalue weighted by Gasteiger charge is 2.35. The molecular weight excluding hydrogens is 793 g/mol. The first-order valence-corrected chi connectivity index (χ1v) is 20.2. The second-order valence-electron chi connectivity index (χ2n) is 15.1. The van der Waals surface area contributed by atoms with Crippen LogP contribution in [-0.4, -0.2) is 81.3 Å². The summed E-state index contributed by atoms with van der Waals surface area (Å²) in [5.74, 6) is -0.403. The number of carbonyl (C=O) groups excluding carboxylic acids is 4. The Hall–Kier alpha value is -6.98. The van der Waals surface area contributed by atoms with Gasteiger partial charge in [0.25, 0.3) is 23.6 Å². The fourth-order valence-electron chi connectivity index (χ4n) is 7.67. The highest BCUT2D eigenvalue weighted by Crippen LogP contribution is 2.23. The summed E-state index contributed by atoms with van der Waals surface area (Å²) in [6.07, 6.45) is 1.20. The number of para-hydroxylation sites is 2. The highest BCUT2D eigenvalue weighted by atomic mass is 16.5. The smallest absolute Gasteiger partial charge is 0.262 e. The number of ether oxygens (including phenoxy) is 2. The van der Waals surface area contributed by atoms with E-state index in [9.17, 15) is 19.2 Å². The third kappa shape index (κ3) is 10.5. The van der Waals surface area contributed by atoms with E-state index >= 15 is 0 Å². The number of nitrogens with zero attached hydrogens (tertiary/aromatic N) is 2. The monoisotopic (exact) mass is 840 g/mol. The van der Waals surface area contributed by atoms with Gasteiger partial charge in [-0.25, -0.2) is 11.0 Å². The lowest BCUT2D eigenvalue weighted by atomic mass is 10.1. The number of hydrogen-bond acceptors (Lipinski definition) is 12. The summed E-state index contributed by atoms with van der Waals surface area (Å²) in [7, 11) is 0. The normalized spacial score (nSPS) is 18.0. The van der Waals surface area contributed by atoms with Crippen LogP contribution in [0.1, 0.15) is 56.1 Å². The van der Waals surface area contributed by atoms with Crippen molar-refractivity contribution in [1.82, 2.24) is 42.2 Å². The maximum absolute atomic E-state index is 12.6. The summed E-state index contributed by atoms with van der Waals surface area (Å²) >= 11 is 0. The molecule has 4 aromatic carbocycles. The fourth-order valence-corrected chi connectivity index (χ4v) is 7.67. The van der Waals surface area contributed by atoms with Gasteiger partial charge in [0.05, 0.1) is 23.1 Å². The molecule has 4 atom stereocenters. The molecule has 2 aliphatic rings. The molecule has 0 unspecified atom stereocenters. The molecule has 0 spiro atoms. The molecule has 0 radical (unpaired) electrons. The van der Waals surface area contributed by atoms with Gasteiger partial charge < -0.3 is 30.7 Å². The summed E-state index contributed by atoms with van der Waals surface area (Å²) in [4.78, 5) is 57.6. The van der Waals surface area contributed by atoms with E-state index in [4.69, 9.17) is 19.9 Å². The molecule has 4 amide bonds. The second kappa shape index (κ2) is 20.1. The summed E-state index contributed by atoms with van der Waals surface area (Å²) in [6.45, 7) is 5.86. The van der Waals surface area contributed by atoms with Gasteiger partial charge in [0, 0.05) is 44.4 Å². The molecule has 2 saturated heterocycles. The maximum Gasteiger partial charge on any atom is 0.262 e. The van der Waals surface area contributed by atoms with E-state index in [1.165, 1.54) is 0 Å². The van der Waals surface area contributed by atoms with Crippen molar-refractivity contribution in [3.8, 4) is 11.5 Å². The lowest BCUT2D eigenvalue weighted by Gasteiger charge is -2.19. The Morgan fingerprint density at radius 3 is 1.37 bits per heavy atom. The van der Waals surface area contributed by atoms with Gasteiger partial charge in [-0.15, -0.1) is 0 Å². The van der Waals surface area contributed by atoms with E-state index in [0.717, 1.165) is 44.3 Å². The van der Waals surface area contributed by atoms with Crippen molar-refractivity contribution in [2.24, 2.45) is 0 Å². The van der Waals surface area contributed by atoms with Crippen LogP contribution in [0.5, 0.6) is 11.5 Å². The van der Waals surface area contributed by atoms with Gasteiger partial charge >= 0.3 is 0 Å². The predicted octanol–water partition coefficient (Wildman–Crippen LogP) is 4.18. The molecule has 16 heteroatoms. The van der Waals surface area contributed by atoms with Gasteiger partial charge in [0.2, 0.25) is 0 Å². The third-order valence-corrected chi connectivity index (χ3v) is 10.7. The third-order valence-electron chi connectivity index (χ3n) is 10.7. The number of fused-ring (bicyclic) bond motifs is 2. The topological polar surface area (TPSA) is 225 Å². The zero-order valence-corrected chi connectivity index (χ0v) is 34.2. The van der Waals surface area contributed by atoms with Crippen LogP contribution in [0.4, 0.5) is 0 Å². The average molecular weight is 841 g/mol. The Labute approximate surface area is 357 Å². The molecule has 2 aromatic heterocycles. The number of benzene rings is 4. The second-order valence-corrected chi connectivity index (χ2v) is 15.1. The molecular formula is C46H48N8O8. The molecule has 2 fully saturated rings. The molecule has 4 heterocycles. The van der Waals surface area contributed by atoms with Crippen molar-refractivity contribution >= 4 is 45.4 Å². The molecule has 62 heavy (non-hydrogen) atoms. The van der Waals surface area contributed by atoms with Crippen molar-refractivity contribution in [1.29, 1.82) is 0 Å². The largest absolute Gasteiger partial charge is 0.489 e. The van der Waals surface area contributed by atoms with Crippen LogP contribution >= 0.6 is 0 Å². The molecule has 320 valence electrons. The van der Waals surface area contributed by atoms with Crippen LogP contribution in [0, 0.1) is 13.8 Å². The highest BCUT2D eigenvalue weighted by molar-refractivity contribution is 5.96. The van der Waals surface area contributed by atoms with E-state index in [0.29, 0.717) is 61.8 Å². The Bertz CT molecular complexity index is 2380. The van der Waals surface area contributed by atoms with E-state index in [1.54, 1.807) is 59.5 Å². The van der Waals surface area contributed by atoms with Gasteiger partial charge in [-0.3, -0.25) is 39.6 Å². The molecule has 0 bridgehead atoms. The number of carbonyl (C=O) groups is 4. The van der Waals surface area contributed by atoms with E-state index < -0.39 is 36.0 Å². The number of amides is 4. The zero-order valence-electron chi connectivity index (χ0n) is 34.2. The molecule has 6 aromatic rings. The van der Waals surface area contributed by atoms with Gasteiger partial charge in [0.15, 0.2) is 0 Å². The van der Waals surface area contributed by atoms with Crippen molar-refractivity contribution in [3.05, 3.63) is 143 Å². The number of aromatic nitrogens is 2. The lowest BCUT2D eigenvalue weighted by Crippen LogP contribution is -2.51. The minimum Gasteiger partial charge on any atom is -0.489 e. The molecule has 8 N–H and O–H groups in total.